The number of hydrogen-bond donors (Lipinski definition) is 1. The number of nitrogens with zero attached hydrogens (tertiary/aromatic N) is 4. The van der Waals surface area contributed by atoms with E-state index in [0.29, 0.717) is 0 Å². The van der Waals surface area contributed by atoms with Crippen LogP contribution < -0.4 is 15.1 Å². The molecule has 5 nitrogen and oxygen atoms in total. The molecule has 3 aromatic rings. The van der Waals surface area contributed by atoms with Gasteiger partial charge >= 0.3 is 0 Å². The van der Waals surface area contributed by atoms with Gasteiger partial charge in [0, 0.05) is 43.6 Å². The van der Waals surface area contributed by atoms with E-state index in [2.05, 4.69) is 80.5 Å². The van der Waals surface area contributed by atoms with Gasteiger partial charge in [0.15, 0.2) is 0 Å². The van der Waals surface area contributed by atoms with E-state index in [1.165, 1.54) is 11.3 Å². The molecule has 5 heteroatoms. The summed E-state index contributed by atoms with van der Waals surface area (Å²) in [5, 5.41) is 3.45. The lowest BCUT2D eigenvalue weighted by Gasteiger charge is -2.36. The number of aryl methyl sites for hydroxylation is 1. The Bertz CT molecular complexity index is 873. The van der Waals surface area contributed by atoms with Crippen LogP contribution in [0.15, 0.2) is 67.0 Å². The molecule has 1 aromatic heterocycles. The van der Waals surface area contributed by atoms with Gasteiger partial charge in [0.25, 0.3) is 0 Å². The molecule has 0 radical (unpaired) electrons. The highest BCUT2D eigenvalue weighted by Crippen LogP contribution is 2.23. The normalized spacial score (nSPS) is 14.3. The van der Waals surface area contributed by atoms with E-state index in [-0.39, 0.29) is 0 Å². The summed E-state index contributed by atoms with van der Waals surface area (Å²) < 4.78 is 0. The highest BCUT2D eigenvalue weighted by molar-refractivity contribution is 5.63. The van der Waals surface area contributed by atoms with E-state index in [9.17, 15) is 0 Å². The number of piperazine rings is 1. The smallest absolute Gasteiger partial charge is 0.135 e. The number of nitrogens with one attached hydrogen (secondary N) is 1. The maximum atomic E-state index is 4.50. The third-order valence-electron chi connectivity index (χ3n) is 5.04. The third kappa shape index (κ3) is 4.03. The zero-order valence-corrected chi connectivity index (χ0v) is 15.7. The summed E-state index contributed by atoms with van der Waals surface area (Å²) in [4.78, 5) is 13.7. The molecule has 0 unspecified atom stereocenters. The highest BCUT2D eigenvalue weighted by atomic mass is 15.3. The predicted octanol–water partition coefficient (Wildman–Crippen LogP) is 4.11. The Hall–Kier alpha value is -3.08. The summed E-state index contributed by atoms with van der Waals surface area (Å²) >= 11 is 0. The topological polar surface area (TPSA) is 44.3 Å². The third-order valence-corrected chi connectivity index (χ3v) is 5.04. The van der Waals surface area contributed by atoms with Crippen LogP contribution in [0.1, 0.15) is 12.5 Å². The maximum absolute atomic E-state index is 4.50. The summed E-state index contributed by atoms with van der Waals surface area (Å²) in [6.45, 7) is 6.07. The molecule has 1 aliphatic rings. The lowest BCUT2D eigenvalue weighted by atomic mass is 10.1. The van der Waals surface area contributed by atoms with Gasteiger partial charge in [-0.25, -0.2) is 9.97 Å². The van der Waals surface area contributed by atoms with E-state index < -0.39 is 0 Å². The first-order valence-corrected chi connectivity index (χ1v) is 9.55. The van der Waals surface area contributed by atoms with Crippen LogP contribution in [0.4, 0.5) is 23.0 Å². The molecular formula is C22H25N5. The zero-order valence-electron chi connectivity index (χ0n) is 15.7. The van der Waals surface area contributed by atoms with Crippen molar-refractivity contribution in [2.75, 3.05) is 41.3 Å². The van der Waals surface area contributed by atoms with Crippen molar-refractivity contribution in [3.05, 3.63) is 72.6 Å². The van der Waals surface area contributed by atoms with Crippen molar-refractivity contribution < 1.29 is 0 Å². The standard InChI is InChI=1S/C22H25N5/c1-2-18-8-6-7-11-20(18)25-21-16-22(24-17-23-21)27-14-12-26(13-15-27)19-9-4-3-5-10-19/h3-11,16-17H,2,12-15H2,1H3,(H,23,24,25). The second kappa shape index (κ2) is 8.08. The van der Waals surface area contributed by atoms with Gasteiger partial charge < -0.3 is 15.1 Å². The van der Waals surface area contributed by atoms with Crippen LogP contribution in [0.3, 0.4) is 0 Å². The van der Waals surface area contributed by atoms with Gasteiger partial charge in [-0.1, -0.05) is 43.3 Å². The first-order chi connectivity index (χ1) is 13.3. The molecule has 0 spiro atoms. The van der Waals surface area contributed by atoms with E-state index in [1.807, 2.05) is 12.1 Å². The molecule has 2 heterocycles. The molecule has 1 aliphatic heterocycles. The van der Waals surface area contributed by atoms with E-state index >= 15 is 0 Å². The fourth-order valence-corrected chi connectivity index (χ4v) is 3.51. The van der Waals surface area contributed by atoms with Crippen LogP contribution >= 0.6 is 0 Å². The van der Waals surface area contributed by atoms with Crippen LogP contribution in [-0.4, -0.2) is 36.1 Å². The Morgan fingerprint density at radius 1 is 0.852 bits per heavy atom. The summed E-state index contributed by atoms with van der Waals surface area (Å²) in [7, 11) is 0. The Morgan fingerprint density at radius 3 is 2.33 bits per heavy atom. The molecular weight excluding hydrogens is 334 g/mol. The minimum Gasteiger partial charge on any atom is -0.368 e. The fraction of sp³-hybridized carbons (Fsp3) is 0.273. The van der Waals surface area contributed by atoms with Gasteiger partial charge in [0.1, 0.15) is 18.0 Å². The molecule has 0 amide bonds. The molecule has 138 valence electrons. The van der Waals surface area contributed by atoms with Crippen molar-refractivity contribution in [2.45, 2.75) is 13.3 Å². The number of anilines is 4. The quantitative estimate of drug-likeness (QED) is 0.743. The average Bonchev–Trinajstić information content (AvgIpc) is 2.75. The largest absolute Gasteiger partial charge is 0.368 e. The van der Waals surface area contributed by atoms with Gasteiger partial charge in [-0.05, 0) is 30.2 Å². The molecule has 1 N–H and O–H groups in total. The van der Waals surface area contributed by atoms with Gasteiger partial charge in [0.05, 0.1) is 0 Å². The number of hydrogen-bond acceptors (Lipinski definition) is 5. The molecule has 0 bridgehead atoms. The first-order valence-electron chi connectivity index (χ1n) is 9.55. The van der Waals surface area contributed by atoms with Crippen molar-refractivity contribution in [3.8, 4) is 0 Å². The molecule has 0 aliphatic carbocycles. The van der Waals surface area contributed by atoms with Crippen molar-refractivity contribution in [3.63, 3.8) is 0 Å². The lowest BCUT2D eigenvalue weighted by molar-refractivity contribution is 0.647. The Labute approximate surface area is 160 Å². The number of benzene rings is 2. The Balaban J connectivity index is 1.44. The number of rotatable bonds is 5. The average molecular weight is 359 g/mol. The molecule has 1 saturated heterocycles. The van der Waals surface area contributed by atoms with Crippen LogP contribution in [0.25, 0.3) is 0 Å². The van der Waals surface area contributed by atoms with Crippen LogP contribution in [0, 0.1) is 0 Å². The summed E-state index contributed by atoms with van der Waals surface area (Å²) in [5.74, 6) is 1.82. The van der Waals surface area contributed by atoms with E-state index in [4.69, 9.17) is 0 Å². The second-order valence-corrected chi connectivity index (χ2v) is 6.71. The highest BCUT2D eigenvalue weighted by Gasteiger charge is 2.18. The second-order valence-electron chi connectivity index (χ2n) is 6.71. The summed E-state index contributed by atoms with van der Waals surface area (Å²) in [6, 6.07) is 21.0. The van der Waals surface area contributed by atoms with Gasteiger partial charge in [-0.15, -0.1) is 0 Å². The minimum atomic E-state index is 0.839. The Morgan fingerprint density at radius 2 is 1.56 bits per heavy atom. The SMILES string of the molecule is CCc1ccccc1Nc1cc(N2CCN(c3ccccc3)CC2)ncn1. The molecule has 1 fully saturated rings. The van der Waals surface area contributed by atoms with Crippen molar-refractivity contribution in [1.29, 1.82) is 0 Å². The van der Waals surface area contributed by atoms with Gasteiger partial charge in [-0.3, -0.25) is 0 Å². The molecule has 2 aromatic carbocycles. The van der Waals surface area contributed by atoms with Gasteiger partial charge in [0.2, 0.25) is 0 Å². The maximum Gasteiger partial charge on any atom is 0.135 e. The molecule has 27 heavy (non-hydrogen) atoms. The fourth-order valence-electron chi connectivity index (χ4n) is 3.51. The van der Waals surface area contributed by atoms with Crippen LogP contribution in [0.5, 0.6) is 0 Å². The lowest BCUT2D eigenvalue weighted by Crippen LogP contribution is -2.46. The summed E-state index contributed by atoms with van der Waals surface area (Å²) in [6.07, 6.45) is 2.64. The van der Waals surface area contributed by atoms with Crippen molar-refractivity contribution in [2.24, 2.45) is 0 Å². The monoisotopic (exact) mass is 359 g/mol. The predicted molar refractivity (Wildman–Crippen MR) is 112 cm³/mol. The van der Waals surface area contributed by atoms with Crippen LogP contribution in [0.2, 0.25) is 0 Å². The zero-order chi connectivity index (χ0) is 18.5. The van der Waals surface area contributed by atoms with Crippen LogP contribution in [-0.2, 0) is 6.42 Å². The number of aromatic nitrogens is 2. The van der Waals surface area contributed by atoms with Gasteiger partial charge in [-0.2, -0.15) is 0 Å². The molecule has 0 saturated carbocycles. The molecule has 4 rings (SSSR count). The first kappa shape index (κ1) is 17.3. The number of para-hydroxylation sites is 2. The van der Waals surface area contributed by atoms with E-state index in [0.717, 1.165) is 49.9 Å². The minimum absolute atomic E-state index is 0.839. The van der Waals surface area contributed by atoms with E-state index in [1.54, 1.807) is 6.33 Å². The van der Waals surface area contributed by atoms with Crippen molar-refractivity contribution in [1.82, 2.24) is 9.97 Å². The molecule has 0 atom stereocenters. The summed E-state index contributed by atoms with van der Waals surface area (Å²) in [5.41, 5.74) is 3.69. The van der Waals surface area contributed by atoms with Crippen molar-refractivity contribution >= 4 is 23.0 Å². The Kier molecular flexibility index (Phi) is 5.19.